The first-order chi connectivity index (χ1) is 11.1. The molecule has 1 saturated carbocycles. The molecule has 23 heavy (non-hydrogen) atoms. The molecule has 2 unspecified atom stereocenters. The first kappa shape index (κ1) is 16.1. The van der Waals surface area contributed by atoms with E-state index in [1.807, 2.05) is 30.1 Å². The Kier molecular flexibility index (Phi) is 4.78. The Labute approximate surface area is 137 Å². The Bertz CT molecular complexity index is 640. The van der Waals surface area contributed by atoms with Gasteiger partial charge in [-0.3, -0.25) is 9.67 Å². The van der Waals surface area contributed by atoms with Gasteiger partial charge in [-0.15, -0.1) is 0 Å². The average Bonchev–Trinajstić information content (AvgIpc) is 2.92. The highest BCUT2D eigenvalue weighted by atomic mass is 16.3. The summed E-state index contributed by atoms with van der Waals surface area (Å²) in [6, 6.07) is 3.96. The predicted octanol–water partition coefficient (Wildman–Crippen LogP) is 2.51. The largest absolute Gasteiger partial charge is 0.393 e. The molecule has 2 aromatic heterocycles. The standard InChI is InChI=1S/C18H26N4O/c1-18(8-4-3-7-16(18)23)13-20-11-15-12-22(2)21-17(15)14-6-5-9-19-10-14/h5-6,9-10,12,16,20,23H,3-4,7-8,11,13H2,1-2H3. The molecule has 2 heterocycles. The molecule has 2 N–H and O–H groups in total. The molecular weight excluding hydrogens is 288 g/mol. The lowest BCUT2D eigenvalue weighted by atomic mass is 9.73. The third kappa shape index (κ3) is 3.62. The molecule has 2 aromatic rings. The van der Waals surface area contributed by atoms with Crippen LogP contribution in [0.4, 0.5) is 0 Å². The number of aryl methyl sites for hydroxylation is 1. The molecule has 3 rings (SSSR count). The molecule has 0 aromatic carbocycles. The fraction of sp³-hybridized carbons (Fsp3) is 0.556. The van der Waals surface area contributed by atoms with Gasteiger partial charge in [0.25, 0.3) is 0 Å². The Morgan fingerprint density at radius 2 is 2.30 bits per heavy atom. The molecule has 0 radical (unpaired) electrons. The van der Waals surface area contributed by atoms with E-state index in [0.717, 1.165) is 49.2 Å². The van der Waals surface area contributed by atoms with Crippen molar-refractivity contribution in [1.82, 2.24) is 20.1 Å². The van der Waals surface area contributed by atoms with Crippen LogP contribution in [-0.2, 0) is 13.6 Å². The van der Waals surface area contributed by atoms with Crippen LogP contribution in [0.1, 0.15) is 38.2 Å². The number of hydrogen-bond acceptors (Lipinski definition) is 4. The second kappa shape index (κ2) is 6.81. The number of nitrogens with zero attached hydrogens (tertiary/aromatic N) is 3. The number of aromatic nitrogens is 3. The number of aliphatic hydroxyl groups is 1. The van der Waals surface area contributed by atoms with Crippen molar-refractivity contribution in [3.05, 3.63) is 36.3 Å². The number of rotatable bonds is 5. The van der Waals surface area contributed by atoms with Gasteiger partial charge < -0.3 is 10.4 Å². The molecule has 1 fully saturated rings. The van der Waals surface area contributed by atoms with Crippen molar-refractivity contribution < 1.29 is 5.11 Å². The maximum Gasteiger partial charge on any atom is 0.0983 e. The van der Waals surface area contributed by atoms with Crippen molar-refractivity contribution in [2.45, 2.75) is 45.3 Å². The molecule has 0 saturated heterocycles. The Morgan fingerprint density at radius 3 is 3.04 bits per heavy atom. The van der Waals surface area contributed by atoms with E-state index in [2.05, 4.69) is 28.5 Å². The van der Waals surface area contributed by atoms with Gasteiger partial charge in [0.05, 0.1) is 11.8 Å². The van der Waals surface area contributed by atoms with E-state index in [1.165, 1.54) is 6.42 Å². The van der Waals surface area contributed by atoms with Crippen molar-refractivity contribution in [3.63, 3.8) is 0 Å². The van der Waals surface area contributed by atoms with Gasteiger partial charge in [-0.2, -0.15) is 5.10 Å². The molecule has 2 atom stereocenters. The van der Waals surface area contributed by atoms with E-state index in [9.17, 15) is 5.11 Å². The minimum Gasteiger partial charge on any atom is -0.393 e. The number of hydrogen-bond donors (Lipinski definition) is 2. The normalized spacial score (nSPS) is 24.7. The van der Waals surface area contributed by atoms with Crippen LogP contribution in [-0.4, -0.2) is 32.5 Å². The second-order valence-electron chi connectivity index (χ2n) is 6.94. The average molecular weight is 314 g/mol. The van der Waals surface area contributed by atoms with Crippen molar-refractivity contribution in [3.8, 4) is 11.3 Å². The summed E-state index contributed by atoms with van der Waals surface area (Å²) in [5, 5.41) is 18.4. The van der Waals surface area contributed by atoms with Gasteiger partial charge in [0.2, 0.25) is 0 Å². The molecule has 5 heteroatoms. The van der Waals surface area contributed by atoms with Gasteiger partial charge in [0.15, 0.2) is 0 Å². The highest BCUT2D eigenvalue weighted by molar-refractivity contribution is 5.61. The number of pyridine rings is 1. The Morgan fingerprint density at radius 1 is 1.43 bits per heavy atom. The summed E-state index contributed by atoms with van der Waals surface area (Å²) in [6.07, 6.45) is 9.83. The van der Waals surface area contributed by atoms with Crippen LogP contribution >= 0.6 is 0 Å². The third-order valence-corrected chi connectivity index (χ3v) is 4.96. The summed E-state index contributed by atoms with van der Waals surface area (Å²) in [6.45, 7) is 3.77. The molecule has 5 nitrogen and oxygen atoms in total. The minimum atomic E-state index is -0.199. The highest BCUT2D eigenvalue weighted by Crippen LogP contribution is 2.35. The molecule has 0 aliphatic heterocycles. The first-order valence-electron chi connectivity index (χ1n) is 8.40. The summed E-state index contributed by atoms with van der Waals surface area (Å²) >= 11 is 0. The molecule has 1 aliphatic rings. The van der Waals surface area contributed by atoms with E-state index in [0.29, 0.717) is 0 Å². The molecule has 1 aliphatic carbocycles. The zero-order valence-electron chi connectivity index (χ0n) is 14.0. The summed E-state index contributed by atoms with van der Waals surface area (Å²) in [5.74, 6) is 0. The molecule has 124 valence electrons. The lowest BCUT2D eigenvalue weighted by Crippen LogP contribution is -2.43. The van der Waals surface area contributed by atoms with Gasteiger partial charge in [0.1, 0.15) is 0 Å². The maximum absolute atomic E-state index is 10.3. The molecule has 0 amide bonds. The minimum absolute atomic E-state index is 0.0189. The monoisotopic (exact) mass is 314 g/mol. The molecular formula is C18H26N4O. The maximum atomic E-state index is 10.3. The highest BCUT2D eigenvalue weighted by Gasteiger charge is 2.34. The molecule has 0 spiro atoms. The van der Waals surface area contributed by atoms with E-state index in [1.54, 1.807) is 6.20 Å². The van der Waals surface area contributed by atoms with E-state index in [4.69, 9.17) is 0 Å². The lowest BCUT2D eigenvalue weighted by Gasteiger charge is -2.38. The fourth-order valence-corrected chi connectivity index (χ4v) is 3.48. The summed E-state index contributed by atoms with van der Waals surface area (Å²) in [5.41, 5.74) is 3.15. The third-order valence-electron chi connectivity index (χ3n) is 4.96. The summed E-state index contributed by atoms with van der Waals surface area (Å²) in [7, 11) is 1.94. The summed E-state index contributed by atoms with van der Waals surface area (Å²) in [4.78, 5) is 4.18. The second-order valence-corrected chi connectivity index (χ2v) is 6.94. The Hall–Kier alpha value is -1.72. The fourth-order valence-electron chi connectivity index (χ4n) is 3.48. The summed E-state index contributed by atoms with van der Waals surface area (Å²) < 4.78 is 1.84. The first-order valence-corrected chi connectivity index (χ1v) is 8.40. The van der Waals surface area contributed by atoms with Crippen LogP contribution in [0.2, 0.25) is 0 Å². The van der Waals surface area contributed by atoms with Crippen LogP contribution in [0.15, 0.2) is 30.7 Å². The van der Waals surface area contributed by atoms with Crippen molar-refractivity contribution in [1.29, 1.82) is 0 Å². The van der Waals surface area contributed by atoms with Gasteiger partial charge in [0, 0.05) is 55.3 Å². The molecule has 0 bridgehead atoms. The van der Waals surface area contributed by atoms with Crippen molar-refractivity contribution in [2.24, 2.45) is 12.5 Å². The van der Waals surface area contributed by atoms with Crippen LogP contribution in [0.5, 0.6) is 0 Å². The van der Waals surface area contributed by atoms with Gasteiger partial charge in [-0.05, 0) is 25.0 Å². The Balaban J connectivity index is 1.67. The quantitative estimate of drug-likeness (QED) is 0.890. The van der Waals surface area contributed by atoms with Gasteiger partial charge >= 0.3 is 0 Å². The van der Waals surface area contributed by atoms with Gasteiger partial charge in [-0.25, -0.2) is 0 Å². The predicted molar refractivity (Wildman–Crippen MR) is 90.7 cm³/mol. The van der Waals surface area contributed by atoms with E-state index >= 15 is 0 Å². The van der Waals surface area contributed by atoms with Crippen LogP contribution in [0.3, 0.4) is 0 Å². The zero-order chi connectivity index (χ0) is 16.3. The number of nitrogens with one attached hydrogen (secondary N) is 1. The van der Waals surface area contributed by atoms with Crippen molar-refractivity contribution in [2.75, 3.05) is 6.54 Å². The number of aliphatic hydroxyl groups excluding tert-OH is 1. The van der Waals surface area contributed by atoms with Crippen LogP contribution in [0, 0.1) is 5.41 Å². The van der Waals surface area contributed by atoms with Crippen LogP contribution in [0.25, 0.3) is 11.3 Å². The van der Waals surface area contributed by atoms with Crippen LogP contribution < -0.4 is 5.32 Å². The topological polar surface area (TPSA) is 63.0 Å². The lowest BCUT2D eigenvalue weighted by molar-refractivity contribution is 0.00116. The van der Waals surface area contributed by atoms with Crippen molar-refractivity contribution >= 4 is 0 Å². The van der Waals surface area contributed by atoms with Gasteiger partial charge in [-0.1, -0.05) is 19.8 Å². The van der Waals surface area contributed by atoms with E-state index in [-0.39, 0.29) is 11.5 Å². The smallest absolute Gasteiger partial charge is 0.0983 e. The SMILES string of the molecule is Cn1cc(CNCC2(C)CCCCC2O)c(-c2cccnc2)n1. The zero-order valence-corrected chi connectivity index (χ0v) is 14.0. The van der Waals surface area contributed by atoms with E-state index < -0.39 is 0 Å².